The van der Waals surface area contributed by atoms with Gasteiger partial charge in [0.2, 0.25) is 0 Å². The van der Waals surface area contributed by atoms with Gasteiger partial charge < -0.3 is 0 Å². The number of alkyl halides is 3. The van der Waals surface area contributed by atoms with Crippen LogP contribution in [0, 0.1) is 11.8 Å². The Labute approximate surface area is 110 Å². The van der Waals surface area contributed by atoms with E-state index in [1.54, 1.807) is 0 Å². The molecule has 1 aromatic carbocycles. The molecule has 0 fully saturated rings. The van der Waals surface area contributed by atoms with E-state index in [0.717, 1.165) is 6.07 Å². The summed E-state index contributed by atoms with van der Waals surface area (Å²) in [7, 11) is 0. The Kier molecular flexibility index (Phi) is 5.08. The van der Waals surface area contributed by atoms with E-state index in [1.165, 1.54) is 12.1 Å². The van der Waals surface area contributed by atoms with Crippen LogP contribution in [0.15, 0.2) is 27.8 Å². The minimum atomic E-state index is -4.42. The summed E-state index contributed by atoms with van der Waals surface area (Å²) in [5, 5.41) is 3.26. The Bertz CT molecular complexity index is 537. The van der Waals surface area contributed by atoms with Crippen LogP contribution in [0.1, 0.15) is 17.5 Å². The highest BCUT2D eigenvalue weighted by Gasteiger charge is 2.32. The van der Waals surface area contributed by atoms with E-state index < -0.39 is 11.7 Å². The average Bonchev–Trinajstić information content (AvgIpc) is 2.29. The topological polar surface area (TPSA) is 48.8 Å². The zero-order valence-electron chi connectivity index (χ0n) is 9.00. The van der Waals surface area contributed by atoms with Crippen molar-refractivity contribution in [1.82, 2.24) is 0 Å². The number of hydrogen-bond donors (Lipinski definition) is 0. The summed E-state index contributed by atoms with van der Waals surface area (Å²) in [5.41, 5.74) is 7.53. The first kappa shape index (κ1) is 14.4. The van der Waals surface area contributed by atoms with Crippen LogP contribution in [0.5, 0.6) is 0 Å². The standard InChI is InChI=1S/C11H7BrF3N3/c12-10-5-4-8(3-1-2-6-17-18-16)7-9(10)11(13,14)15/h4-5,7H,2,6H2. The molecule has 1 rings (SSSR count). The van der Waals surface area contributed by atoms with E-state index in [4.69, 9.17) is 5.53 Å². The molecule has 0 spiro atoms. The monoisotopic (exact) mass is 317 g/mol. The molecule has 0 bridgehead atoms. The van der Waals surface area contributed by atoms with Gasteiger partial charge in [0.1, 0.15) is 0 Å². The number of rotatable bonds is 2. The Morgan fingerprint density at radius 2 is 2.11 bits per heavy atom. The fraction of sp³-hybridized carbons (Fsp3) is 0.273. The van der Waals surface area contributed by atoms with E-state index in [2.05, 4.69) is 37.8 Å². The molecule has 3 nitrogen and oxygen atoms in total. The molecule has 0 aliphatic carbocycles. The summed E-state index contributed by atoms with van der Waals surface area (Å²) in [5.74, 6) is 5.23. The first-order valence-corrected chi connectivity index (χ1v) is 5.61. The van der Waals surface area contributed by atoms with Gasteiger partial charge in [0.15, 0.2) is 0 Å². The third-order valence-corrected chi connectivity index (χ3v) is 2.60. The highest BCUT2D eigenvalue weighted by atomic mass is 79.9. The van der Waals surface area contributed by atoms with E-state index in [0.29, 0.717) is 6.42 Å². The third-order valence-electron chi connectivity index (χ3n) is 1.90. The van der Waals surface area contributed by atoms with Crippen LogP contribution in [-0.2, 0) is 6.18 Å². The second-order valence-corrected chi connectivity index (χ2v) is 4.05. The van der Waals surface area contributed by atoms with Gasteiger partial charge in [-0.25, -0.2) is 0 Å². The summed E-state index contributed by atoms with van der Waals surface area (Å²) in [4.78, 5) is 2.54. The fourth-order valence-electron chi connectivity index (χ4n) is 1.14. The van der Waals surface area contributed by atoms with E-state index in [9.17, 15) is 13.2 Å². The molecule has 1 aromatic rings. The van der Waals surface area contributed by atoms with Crippen LogP contribution >= 0.6 is 15.9 Å². The number of nitrogens with zero attached hydrogens (tertiary/aromatic N) is 3. The van der Waals surface area contributed by atoms with Crippen LogP contribution in [0.2, 0.25) is 0 Å². The van der Waals surface area contributed by atoms with Gasteiger partial charge >= 0.3 is 6.18 Å². The Hall–Kier alpha value is -1.64. The molecule has 0 saturated carbocycles. The van der Waals surface area contributed by atoms with Crippen LogP contribution in [0.3, 0.4) is 0 Å². The van der Waals surface area contributed by atoms with Crippen molar-refractivity contribution in [3.63, 3.8) is 0 Å². The molecule has 0 aromatic heterocycles. The quantitative estimate of drug-likeness (QED) is 0.253. The summed E-state index contributed by atoms with van der Waals surface area (Å²) >= 11 is 2.85. The molecule has 0 aliphatic rings. The number of hydrogen-bond acceptors (Lipinski definition) is 1. The van der Waals surface area contributed by atoms with Crippen molar-refractivity contribution in [2.45, 2.75) is 12.6 Å². The smallest absolute Gasteiger partial charge is 0.166 e. The predicted octanol–water partition coefficient (Wildman–Crippen LogP) is 4.52. The lowest BCUT2D eigenvalue weighted by molar-refractivity contribution is -0.138. The van der Waals surface area contributed by atoms with Gasteiger partial charge in [0.05, 0.1) is 5.56 Å². The average molecular weight is 318 g/mol. The highest BCUT2D eigenvalue weighted by molar-refractivity contribution is 9.10. The van der Waals surface area contributed by atoms with Crippen molar-refractivity contribution in [2.24, 2.45) is 5.11 Å². The molecule has 0 heterocycles. The molecular weight excluding hydrogens is 311 g/mol. The largest absolute Gasteiger partial charge is 0.417 e. The van der Waals surface area contributed by atoms with Gasteiger partial charge in [-0.3, -0.25) is 0 Å². The minimum absolute atomic E-state index is 0.0189. The predicted molar refractivity (Wildman–Crippen MR) is 64.7 cm³/mol. The number of azide groups is 1. The fourth-order valence-corrected chi connectivity index (χ4v) is 1.61. The van der Waals surface area contributed by atoms with Crippen LogP contribution in [-0.4, -0.2) is 6.54 Å². The van der Waals surface area contributed by atoms with Crippen molar-refractivity contribution >= 4 is 15.9 Å². The summed E-state index contributed by atoms with van der Waals surface area (Å²) in [6, 6.07) is 3.77. The molecule has 0 amide bonds. The molecule has 0 saturated heterocycles. The van der Waals surface area contributed by atoms with Crippen molar-refractivity contribution in [3.8, 4) is 11.8 Å². The first-order chi connectivity index (χ1) is 8.45. The van der Waals surface area contributed by atoms with E-state index in [-0.39, 0.29) is 16.6 Å². The van der Waals surface area contributed by atoms with E-state index >= 15 is 0 Å². The SMILES string of the molecule is [N-]=[N+]=NCCC#Cc1ccc(Br)c(C(F)(F)F)c1. The third kappa shape index (κ3) is 4.32. The maximum atomic E-state index is 12.6. The van der Waals surface area contributed by atoms with Gasteiger partial charge in [-0.05, 0) is 23.7 Å². The normalized spacial score (nSPS) is 10.2. The van der Waals surface area contributed by atoms with Crippen molar-refractivity contribution in [3.05, 3.63) is 44.2 Å². The highest BCUT2D eigenvalue weighted by Crippen LogP contribution is 2.35. The van der Waals surface area contributed by atoms with Gasteiger partial charge in [0, 0.05) is 27.9 Å². The molecule has 7 heteroatoms. The zero-order valence-corrected chi connectivity index (χ0v) is 10.6. The molecule has 94 valence electrons. The molecule has 0 radical (unpaired) electrons. The lowest BCUT2D eigenvalue weighted by Crippen LogP contribution is -2.06. The molecule has 0 unspecified atom stereocenters. The lowest BCUT2D eigenvalue weighted by atomic mass is 10.1. The zero-order chi connectivity index (χ0) is 13.6. The molecule has 0 aliphatic heterocycles. The van der Waals surface area contributed by atoms with E-state index in [1.807, 2.05) is 0 Å². The van der Waals surface area contributed by atoms with Crippen molar-refractivity contribution < 1.29 is 13.2 Å². The summed E-state index contributed by atoms with van der Waals surface area (Å²) < 4.78 is 37.7. The maximum Gasteiger partial charge on any atom is 0.417 e. The molecule has 0 N–H and O–H groups in total. The second-order valence-electron chi connectivity index (χ2n) is 3.20. The van der Waals surface area contributed by atoms with Gasteiger partial charge in [0.25, 0.3) is 0 Å². The molecular formula is C11H7BrF3N3. The summed E-state index contributed by atoms with van der Waals surface area (Å²) in [6.45, 7) is 0.201. The minimum Gasteiger partial charge on any atom is -0.166 e. The Morgan fingerprint density at radius 1 is 1.39 bits per heavy atom. The second kappa shape index (κ2) is 6.34. The van der Waals surface area contributed by atoms with Gasteiger partial charge in [-0.1, -0.05) is 32.9 Å². The van der Waals surface area contributed by atoms with Crippen molar-refractivity contribution in [1.29, 1.82) is 0 Å². The van der Waals surface area contributed by atoms with Crippen LogP contribution < -0.4 is 0 Å². The first-order valence-electron chi connectivity index (χ1n) is 4.81. The summed E-state index contributed by atoms with van der Waals surface area (Å²) in [6.07, 6.45) is -4.11. The lowest BCUT2D eigenvalue weighted by Gasteiger charge is -2.08. The molecule has 18 heavy (non-hydrogen) atoms. The van der Waals surface area contributed by atoms with Crippen LogP contribution in [0.25, 0.3) is 10.4 Å². The number of benzene rings is 1. The number of halogens is 4. The molecule has 0 atom stereocenters. The Morgan fingerprint density at radius 3 is 2.72 bits per heavy atom. The van der Waals surface area contributed by atoms with Gasteiger partial charge in [-0.2, -0.15) is 13.2 Å². The van der Waals surface area contributed by atoms with Crippen molar-refractivity contribution in [2.75, 3.05) is 6.54 Å². The maximum absolute atomic E-state index is 12.6. The van der Waals surface area contributed by atoms with Crippen LogP contribution in [0.4, 0.5) is 13.2 Å². The Balaban J connectivity index is 2.89. The van der Waals surface area contributed by atoms with Gasteiger partial charge in [-0.15, -0.1) is 0 Å².